The summed E-state index contributed by atoms with van der Waals surface area (Å²) in [5.74, 6) is 0.114. The fraction of sp³-hybridized carbons (Fsp3) is 0.552. The van der Waals surface area contributed by atoms with Crippen molar-refractivity contribution >= 4 is 11.7 Å². The Morgan fingerprint density at radius 3 is 1.83 bits per heavy atom. The topological polar surface area (TPSA) is 94.1 Å². The number of nitrogens with zero attached hydrogens (tertiary/aromatic N) is 1. The third-order valence-corrected chi connectivity index (χ3v) is 7.79. The first-order valence-electron chi connectivity index (χ1n) is 13.4. The van der Waals surface area contributed by atoms with Gasteiger partial charge in [-0.05, 0) is 75.9 Å². The van der Waals surface area contributed by atoms with E-state index in [4.69, 9.17) is 4.74 Å². The first-order valence-corrected chi connectivity index (χ1v) is 13.4. The van der Waals surface area contributed by atoms with Gasteiger partial charge < -0.3 is 25.6 Å². The van der Waals surface area contributed by atoms with Crippen LogP contribution in [0.2, 0.25) is 0 Å². The van der Waals surface area contributed by atoms with E-state index in [0.29, 0.717) is 43.0 Å². The number of hydrogen-bond acceptors (Lipinski definition) is 5. The van der Waals surface area contributed by atoms with Crippen LogP contribution in [0.15, 0.2) is 48.5 Å². The highest BCUT2D eigenvalue weighted by molar-refractivity contribution is 5.89. The molecule has 1 aliphatic rings. The second kappa shape index (κ2) is 12.4. The number of likely N-dealkylation sites (tertiary alicyclic amines) is 1. The Morgan fingerprint density at radius 2 is 1.38 bits per heavy atom. The zero-order valence-corrected chi connectivity index (χ0v) is 23.9. The molecule has 2 amide bonds. The van der Waals surface area contributed by atoms with Gasteiger partial charge in [-0.3, -0.25) is 4.90 Å². The Balaban J connectivity index is 1.61. The number of amides is 2. The van der Waals surface area contributed by atoms with Crippen molar-refractivity contribution in [3.63, 3.8) is 0 Å². The maximum atomic E-state index is 13.2. The number of hydrogen-bond donors (Lipinski definition) is 4. The predicted octanol–water partition coefficient (Wildman–Crippen LogP) is 5.67. The number of benzene rings is 2. The van der Waals surface area contributed by atoms with Crippen molar-refractivity contribution in [2.24, 2.45) is 5.92 Å². The number of carbonyl (C=O) groups is 1. The van der Waals surface area contributed by atoms with E-state index in [9.17, 15) is 41.4 Å². The summed E-state index contributed by atoms with van der Waals surface area (Å²) in [5.41, 5.74) is -5.92. The fourth-order valence-electron chi connectivity index (χ4n) is 5.12. The van der Waals surface area contributed by atoms with E-state index in [1.54, 1.807) is 33.1 Å². The van der Waals surface area contributed by atoms with Crippen molar-refractivity contribution < 1.29 is 46.1 Å². The lowest BCUT2D eigenvalue weighted by molar-refractivity contribution is -0.376. The molecule has 42 heavy (non-hydrogen) atoms. The lowest BCUT2D eigenvalue weighted by Gasteiger charge is -2.42. The van der Waals surface area contributed by atoms with Crippen LogP contribution in [0.5, 0.6) is 0 Å². The van der Waals surface area contributed by atoms with Gasteiger partial charge in [-0.15, -0.1) is 0 Å². The van der Waals surface area contributed by atoms with E-state index >= 15 is 0 Å². The van der Waals surface area contributed by atoms with Crippen molar-refractivity contribution in [2.45, 2.75) is 69.3 Å². The number of piperidine rings is 1. The molecule has 0 bridgehead atoms. The molecule has 1 unspecified atom stereocenters. The molecule has 1 aliphatic heterocycles. The number of urea groups is 1. The van der Waals surface area contributed by atoms with Crippen LogP contribution in [0.25, 0.3) is 0 Å². The number of aliphatic hydroxyl groups is 2. The number of ether oxygens (including phenoxy) is 1. The normalized spacial score (nSPS) is 17.5. The third kappa shape index (κ3) is 7.55. The van der Waals surface area contributed by atoms with Crippen LogP contribution < -0.4 is 10.6 Å². The third-order valence-electron chi connectivity index (χ3n) is 7.79. The van der Waals surface area contributed by atoms with Crippen molar-refractivity contribution in [3.8, 4) is 0 Å². The molecule has 1 heterocycles. The Morgan fingerprint density at radius 1 is 0.881 bits per heavy atom. The van der Waals surface area contributed by atoms with Crippen LogP contribution >= 0.6 is 0 Å². The van der Waals surface area contributed by atoms with E-state index in [2.05, 4.69) is 15.5 Å². The average molecular weight is 606 g/mol. The van der Waals surface area contributed by atoms with Crippen LogP contribution in [0.4, 0.5) is 36.8 Å². The van der Waals surface area contributed by atoms with Gasteiger partial charge in [0.1, 0.15) is 0 Å². The number of halogens is 6. The molecule has 1 atom stereocenters. The zero-order valence-electron chi connectivity index (χ0n) is 23.9. The SMILES string of the molecule is COC(C)(c1ccc(NC(=O)NCC(C)(C)O)cc1)C1CCN(Cc2ccc(C(O)(C(F)(F)F)C(F)(F)F)cc2)CC1. The standard InChI is InChI=1S/C29H37F6N3O4/c1-25(2,40)18-36-24(39)37-23-11-9-20(10-12-23)26(3,42-4)21-13-15-38(16-14-21)17-19-5-7-22(8-6-19)27(41,28(30,31)32)29(33,34)35/h5-12,21,40-41H,13-18H2,1-4H3,(H2,36,37,39). The van der Waals surface area contributed by atoms with Gasteiger partial charge in [0.15, 0.2) is 0 Å². The first-order chi connectivity index (χ1) is 19.3. The van der Waals surface area contributed by atoms with Gasteiger partial charge in [-0.1, -0.05) is 36.4 Å². The van der Waals surface area contributed by atoms with E-state index < -0.39 is 40.8 Å². The summed E-state index contributed by atoms with van der Waals surface area (Å²) in [6, 6.07) is 10.5. The molecule has 13 heteroatoms. The summed E-state index contributed by atoms with van der Waals surface area (Å²) >= 11 is 0. The second-order valence-corrected chi connectivity index (χ2v) is 11.5. The van der Waals surface area contributed by atoms with Gasteiger partial charge in [-0.2, -0.15) is 26.3 Å². The van der Waals surface area contributed by atoms with Crippen LogP contribution in [0, 0.1) is 5.92 Å². The van der Waals surface area contributed by atoms with Crippen molar-refractivity contribution in [3.05, 3.63) is 65.2 Å². The highest BCUT2D eigenvalue weighted by atomic mass is 19.4. The summed E-state index contributed by atoms with van der Waals surface area (Å²) in [6.07, 6.45) is -10.4. The molecule has 0 aliphatic carbocycles. The molecule has 4 N–H and O–H groups in total. The highest BCUT2D eigenvalue weighted by Gasteiger charge is 2.71. The molecule has 234 valence electrons. The van der Waals surface area contributed by atoms with Gasteiger partial charge in [0, 0.05) is 31.5 Å². The van der Waals surface area contributed by atoms with Crippen LogP contribution in [0.3, 0.4) is 0 Å². The van der Waals surface area contributed by atoms with E-state index in [1.807, 2.05) is 19.1 Å². The van der Waals surface area contributed by atoms with Gasteiger partial charge in [0.2, 0.25) is 0 Å². The summed E-state index contributed by atoms with van der Waals surface area (Å²) < 4.78 is 84.9. The van der Waals surface area contributed by atoms with E-state index in [-0.39, 0.29) is 12.5 Å². The van der Waals surface area contributed by atoms with Gasteiger partial charge in [-0.25, -0.2) is 4.79 Å². The minimum absolute atomic E-state index is 0.0855. The van der Waals surface area contributed by atoms with Crippen molar-refractivity contribution in [2.75, 3.05) is 32.1 Å². The second-order valence-electron chi connectivity index (χ2n) is 11.5. The molecular weight excluding hydrogens is 568 g/mol. The smallest absolute Gasteiger partial charge is 0.389 e. The highest BCUT2D eigenvalue weighted by Crippen LogP contribution is 2.50. The lowest BCUT2D eigenvalue weighted by Crippen LogP contribution is -2.53. The summed E-state index contributed by atoms with van der Waals surface area (Å²) in [6.45, 7) is 6.80. The minimum atomic E-state index is -5.92. The van der Waals surface area contributed by atoms with E-state index in [0.717, 1.165) is 18.4 Å². The number of anilines is 1. The number of methoxy groups -OCH3 is 1. The van der Waals surface area contributed by atoms with E-state index in [1.165, 1.54) is 12.1 Å². The molecule has 7 nitrogen and oxygen atoms in total. The Kier molecular flexibility index (Phi) is 9.92. The largest absolute Gasteiger partial charge is 0.430 e. The van der Waals surface area contributed by atoms with Crippen molar-refractivity contribution in [1.82, 2.24) is 10.2 Å². The summed E-state index contributed by atoms with van der Waals surface area (Å²) in [7, 11) is 1.62. The van der Waals surface area contributed by atoms with Crippen LogP contribution in [-0.2, 0) is 22.5 Å². The van der Waals surface area contributed by atoms with Crippen LogP contribution in [-0.4, -0.2) is 65.8 Å². The predicted molar refractivity (Wildman–Crippen MR) is 145 cm³/mol. The molecule has 2 aromatic carbocycles. The summed E-state index contributed by atoms with van der Waals surface area (Å²) in [4.78, 5) is 14.1. The van der Waals surface area contributed by atoms with Crippen molar-refractivity contribution in [1.29, 1.82) is 0 Å². The molecule has 0 saturated carbocycles. The Labute approximate surface area is 240 Å². The van der Waals surface area contributed by atoms with Gasteiger partial charge in [0.05, 0.1) is 11.2 Å². The molecule has 1 saturated heterocycles. The molecule has 3 rings (SSSR count). The molecule has 1 fully saturated rings. The molecule has 2 aromatic rings. The Hall–Kier alpha value is -2.87. The maximum Gasteiger partial charge on any atom is 0.430 e. The monoisotopic (exact) mass is 605 g/mol. The Bertz CT molecular complexity index is 1170. The number of carbonyl (C=O) groups excluding carboxylic acids is 1. The number of rotatable bonds is 9. The fourth-order valence-corrected chi connectivity index (χ4v) is 5.12. The van der Waals surface area contributed by atoms with Gasteiger partial charge >= 0.3 is 18.4 Å². The maximum absolute atomic E-state index is 13.2. The number of alkyl halides is 6. The first kappa shape index (κ1) is 33.6. The van der Waals surface area contributed by atoms with Gasteiger partial charge in [0.25, 0.3) is 5.60 Å². The molecule has 0 spiro atoms. The minimum Gasteiger partial charge on any atom is -0.389 e. The quantitative estimate of drug-likeness (QED) is 0.277. The molecule has 0 aromatic heterocycles. The lowest BCUT2D eigenvalue weighted by atomic mass is 9.77. The summed E-state index contributed by atoms with van der Waals surface area (Å²) in [5, 5.41) is 24.6. The number of nitrogens with one attached hydrogen (secondary N) is 2. The van der Waals surface area contributed by atoms with Crippen LogP contribution in [0.1, 0.15) is 50.3 Å². The average Bonchev–Trinajstić information content (AvgIpc) is 2.90. The molecular formula is C29H37F6N3O4. The zero-order chi connectivity index (χ0) is 31.6. The molecule has 0 radical (unpaired) electrons.